The van der Waals surface area contributed by atoms with E-state index in [9.17, 15) is 4.79 Å². The molecule has 5 nitrogen and oxygen atoms in total. The van der Waals surface area contributed by atoms with E-state index in [4.69, 9.17) is 5.73 Å². The van der Waals surface area contributed by atoms with Gasteiger partial charge in [-0.25, -0.2) is 4.98 Å². The third-order valence-corrected chi connectivity index (χ3v) is 4.49. The Morgan fingerprint density at radius 3 is 2.76 bits per heavy atom. The Morgan fingerprint density at radius 2 is 2.19 bits per heavy atom. The fourth-order valence-corrected chi connectivity index (χ4v) is 3.59. The topological polar surface area (TPSA) is 71.2 Å². The molecule has 2 heterocycles. The molecule has 0 aromatic carbocycles. The number of amides is 1. The van der Waals surface area contributed by atoms with Gasteiger partial charge in [0, 0.05) is 17.5 Å². The van der Waals surface area contributed by atoms with Crippen LogP contribution < -0.4 is 11.1 Å². The molecule has 0 bridgehead atoms. The lowest BCUT2D eigenvalue weighted by Crippen LogP contribution is -2.26. The summed E-state index contributed by atoms with van der Waals surface area (Å²) in [5.41, 5.74) is 5.77. The van der Waals surface area contributed by atoms with Crippen LogP contribution in [0.3, 0.4) is 0 Å². The number of hydrogen-bond acceptors (Lipinski definition) is 6. The van der Waals surface area contributed by atoms with E-state index in [-0.39, 0.29) is 17.3 Å². The molecule has 7 heteroatoms. The van der Waals surface area contributed by atoms with Crippen molar-refractivity contribution >= 4 is 39.5 Å². The number of carbonyl (C=O) groups excluding carboxylic acids is 1. The molecule has 0 unspecified atom stereocenters. The highest BCUT2D eigenvalue weighted by molar-refractivity contribution is 7.18. The van der Waals surface area contributed by atoms with Crippen molar-refractivity contribution in [2.45, 2.75) is 32.9 Å². The van der Waals surface area contributed by atoms with E-state index in [0.717, 1.165) is 4.88 Å². The number of thiophene rings is 1. The van der Waals surface area contributed by atoms with Crippen LogP contribution in [-0.4, -0.2) is 28.4 Å². The lowest BCUT2D eigenvalue weighted by molar-refractivity contribution is 0.0792. The standard InChI is InChI=1S/C14H20N4OS2/c1-14(2,3)17-13-16-11(15)10(21-13)12(19)18(4)8-9-6-5-7-20-9/h5-7H,8,15H2,1-4H3,(H,16,17). The van der Waals surface area contributed by atoms with Crippen molar-refractivity contribution in [1.82, 2.24) is 9.88 Å². The maximum absolute atomic E-state index is 12.5. The second-order valence-electron chi connectivity index (χ2n) is 5.85. The largest absolute Gasteiger partial charge is 0.382 e. The van der Waals surface area contributed by atoms with Crippen LogP contribution in [0.25, 0.3) is 0 Å². The Balaban J connectivity index is 2.11. The minimum atomic E-state index is -0.118. The van der Waals surface area contributed by atoms with Gasteiger partial charge in [0.25, 0.3) is 5.91 Å². The highest BCUT2D eigenvalue weighted by Crippen LogP contribution is 2.28. The summed E-state index contributed by atoms with van der Waals surface area (Å²) in [5.74, 6) is 0.190. The zero-order valence-electron chi connectivity index (χ0n) is 12.6. The van der Waals surface area contributed by atoms with Crippen molar-refractivity contribution in [3.63, 3.8) is 0 Å². The van der Waals surface area contributed by atoms with Gasteiger partial charge < -0.3 is 16.0 Å². The first-order valence-electron chi connectivity index (χ1n) is 6.58. The van der Waals surface area contributed by atoms with Crippen LogP contribution >= 0.6 is 22.7 Å². The summed E-state index contributed by atoms with van der Waals surface area (Å²) in [6, 6.07) is 3.99. The van der Waals surface area contributed by atoms with Gasteiger partial charge in [-0.3, -0.25) is 4.79 Å². The Bertz CT molecular complexity index is 613. The molecule has 114 valence electrons. The molecule has 0 saturated heterocycles. The monoisotopic (exact) mass is 324 g/mol. The van der Waals surface area contributed by atoms with Crippen molar-refractivity contribution in [3.8, 4) is 0 Å². The average molecular weight is 324 g/mol. The van der Waals surface area contributed by atoms with Crippen molar-refractivity contribution in [2.75, 3.05) is 18.1 Å². The van der Waals surface area contributed by atoms with Gasteiger partial charge in [0.1, 0.15) is 10.7 Å². The highest BCUT2D eigenvalue weighted by Gasteiger charge is 2.22. The van der Waals surface area contributed by atoms with Crippen LogP contribution in [-0.2, 0) is 6.54 Å². The van der Waals surface area contributed by atoms with Gasteiger partial charge in [-0.15, -0.1) is 11.3 Å². The van der Waals surface area contributed by atoms with Gasteiger partial charge in [-0.05, 0) is 32.2 Å². The molecule has 0 aliphatic heterocycles. The maximum Gasteiger partial charge on any atom is 0.267 e. The molecule has 21 heavy (non-hydrogen) atoms. The summed E-state index contributed by atoms with van der Waals surface area (Å²) < 4.78 is 0. The van der Waals surface area contributed by atoms with Gasteiger partial charge in [0.15, 0.2) is 5.13 Å². The van der Waals surface area contributed by atoms with E-state index in [2.05, 4.69) is 10.3 Å². The number of nitrogens with two attached hydrogens (primary N) is 1. The maximum atomic E-state index is 12.5. The fraction of sp³-hybridized carbons (Fsp3) is 0.429. The predicted octanol–water partition coefficient (Wildman–Crippen LogP) is 3.27. The molecule has 0 spiro atoms. The molecular formula is C14H20N4OS2. The normalized spacial score (nSPS) is 11.4. The molecule has 0 atom stereocenters. The second-order valence-corrected chi connectivity index (χ2v) is 7.88. The molecule has 0 radical (unpaired) electrons. The van der Waals surface area contributed by atoms with Gasteiger partial charge >= 0.3 is 0 Å². The minimum Gasteiger partial charge on any atom is -0.382 e. The number of aromatic nitrogens is 1. The number of nitrogen functional groups attached to an aromatic ring is 1. The molecule has 2 aromatic heterocycles. The van der Waals surface area contributed by atoms with Crippen LogP contribution in [0.4, 0.5) is 10.9 Å². The Hall–Kier alpha value is -1.60. The number of nitrogens with one attached hydrogen (secondary N) is 1. The van der Waals surface area contributed by atoms with Crippen LogP contribution in [0.2, 0.25) is 0 Å². The smallest absolute Gasteiger partial charge is 0.267 e. The van der Waals surface area contributed by atoms with E-state index >= 15 is 0 Å². The highest BCUT2D eigenvalue weighted by atomic mass is 32.1. The molecule has 2 aromatic rings. The number of rotatable bonds is 4. The van der Waals surface area contributed by atoms with E-state index in [1.54, 1.807) is 23.3 Å². The number of carbonyl (C=O) groups is 1. The van der Waals surface area contributed by atoms with Crippen LogP contribution in [0.15, 0.2) is 17.5 Å². The number of thiazole rings is 1. The van der Waals surface area contributed by atoms with Gasteiger partial charge in [0.2, 0.25) is 0 Å². The van der Waals surface area contributed by atoms with Gasteiger partial charge in [-0.1, -0.05) is 17.4 Å². The van der Waals surface area contributed by atoms with Gasteiger partial charge in [0.05, 0.1) is 6.54 Å². The van der Waals surface area contributed by atoms with E-state index in [1.165, 1.54) is 11.3 Å². The lowest BCUT2D eigenvalue weighted by atomic mass is 10.1. The summed E-state index contributed by atoms with van der Waals surface area (Å²) >= 11 is 2.93. The molecule has 0 saturated carbocycles. The Kier molecular flexibility index (Phi) is 4.53. The number of anilines is 2. The average Bonchev–Trinajstić information content (AvgIpc) is 2.96. The summed E-state index contributed by atoms with van der Waals surface area (Å²) in [6.07, 6.45) is 0. The van der Waals surface area contributed by atoms with Crippen molar-refractivity contribution in [3.05, 3.63) is 27.3 Å². The van der Waals surface area contributed by atoms with Crippen LogP contribution in [0.5, 0.6) is 0 Å². The van der Waals surface area contributed by atoms with Crippen molar-refractivity contribution in [1.29, 1.82) is 0 Å². The first-order valence-corrected chi connectivity index (χ1v) is 8.28. The van der Waals surface area contributed by atoms with E-state index in [0.29, 0.717) is 16.6 Å². The minimum absolute atomic E-state index is 0.0969. The fourth-order valence-electron chi connectivity index (χ4n) is 1.74. The zero-order valence-corrected chi connectivity index (χ0v) is 14.3. The predicted molar refractivity (Wildman–Crippen MR) is 90.0 cm³/mol. The molecule has 0 aliphatic rings. The third-order valence-electron chi connectivity index (χ3n) is 2.65. The molecular weight excluding hydrogens is 304 g/mol. The SMILES string of the molecule is CN(Cc1cccs1)C(=O)c1sc(NC(C)(C)C)nc1N. The van der Waals surface area contributed by atoms with E-state index < -0.39 is 0 Å². The second kappa shape index (κ2) is 6.03. The molecule has 2 rings (SSSR count). The molecule has 0 aliphatic carbocycles. The van der Waals surface area contributed by atoms with E-state index in [1.807, 2.05) is 38.3 Å². The first kappa shape index (κ1) is 15.8. The first-order chi connectivity index (χ1) is 9.76. The quantitative estimate of drug-likeness (QED) is 0.905. The molecule has 0 fully saturated rings. The van der Waals surface area contributed by atoms with Crippen LogP contribution in [0.1, 0.15) is 35.3 Å². The lowest BCUT2D eigenvalue weighted by Gasteiger charge is -2.19. The Morgan fingerprint density at radius 1 is 1.48 bits per heavy atom. The van der Waals surface area contributed by atoms with Crippen LogP contribution in [0, 0.1) is 0 Å². The van der Waals surface area contributed by atoms with Gasteiger partial charge in [-0.2, -0.15) is 0 Å². The molecule has 3 N–H and O–H groups in total. The zero-order chi connectivity index (χ0) is 15.6. The third kappa shape index (κ3) is 4.18. The van der Waals surface area contributed by atoms with Crippen molar-refractivity contribution in [2.24, 2.45) is 0 Å². The Labute approximate surface area is 132 Å². The number of nitrogens with zero attached hydrogens (tertiary/aromatic N) is 2. The summed E-state index contributed by atoms with van der Waals surface area (Å²) in [6.45, 7) is 6.69. The van der Waals surface area contributed by atoms with Crippen molar-refractivity contribution < 1.29 is 4.79 Å². The summed E-state index contributed by atoms with van der Waals surface area (Å²) in [7, 11) is 1.78. The molecule has 1 amide bonds. The number of hydrogen-bond donors (Lipinski definition) is 2. The summed E-state index contributed by atoms with van der Waals surface area (Å²) in [5, 5.41) is 5.91. The summed E-state index contributed by atoms with van der Waals surface area (Å²) in [4.78, 5) is 20.0.